The van der Waals surface area contributed by atoms with Crippen LogP contribution < -0.4 is 5.32 Å². The maximum Gasteiger partial charge on any atom is 0.225 e. The molecule has 1 fully saturated rings. The van der Waals surface area contributed by atoms with E-state index in [1.807, 2.05) is 48.5 Å². The predicted octanol–water partition coefficient (Wildman–Crippen LogP) is 3.53. The number of amides is 1. The maximum atomic E-state index is 12.5. The van der Waals surface area contributed by atoms with E-state index >= 15 is 0 Å². The number of rotatable bonds is 5. The molecule has 1 heterocycles. The topological polar surface area (TPSA) is 32.3 Å². The van der Waals surface area contributed by atoms with Crippen molar-refractivity contribution in [3.8, 4) is 0 Å². The van der Waals surface area contributed by atoms with E-state index in [9.17, 15) is 4.79 Å². The van der Waals surface area contributed by atoms with Crippen molar-refractivity contribution in [2.24, 2.45) is 0 Å². The number of hydrogen-bond acceptors (Lipinski definition) is 2. The lowest BCUT2D eigenvalue weighted by atomic mass is 10.1. The zero-order chi connectivity index (χ0) is 15.9. The number of benzene rings is 2. The number of likely N-dealkylation sites (tertiary alicyclic amines) is 1. The Morgan fingerprint density at radius 1 is 0.913 bits per heavy atom. The Kier molecular flexibility index (Phi) is 5.43. The molecule has 23 heavy (non-hydrogen) atoms. The number of hydrogen-bond donors (Lipinski definition) is 1. The van der Waals surface area contributed by atoms with E-state index in [0.717, 1.165) is 24.2 Å². The number of nitrogens with one attached hydrogen (secondary N) is 1. The summed E-state index contributed by atoms with van der Waals surface area (Å²) in [6.45, 7) is 2.09. The Bertz CT molecular complexity index is 606. The molecule has 0 bridgehead atoms. The summed E-state index contributed by atoms with van der Waals surface area (Å²) in [5.74, 6) is 0.0793. The SMILES string of the molecule is O=C(Cc1ccccc1)NC(c1ccccc1)N1CCCCC1. The van der Waals surface area contributed by atoms with Crippen molar-refractivity contribution in [1.29, 1.82) is 0 Å². The highest BCUT2D eigenvalue weighted by Gasteiger charge is 2.23. The normalized spacial score (nSPS) is 16.7. The molecular formula is C20H24N2O. The van der Waals surface area contributed by atoms with Gasteiger partial charge in [-0.1, -0.05) is 67.1 Å². The Balaban J connectivity index is 1.71. The van der Waals surface area contributed by atoms with Gasteiger partial charge in [-0.2, -0.15) is 0 Å². The van der Waals surface area contributed by atoms with Crippen molar-refractivity contribution in [2.45, 2.75) is 31.8 Å². The molecule has 120 valence electrons. The van der Waals surface area contributed by atoms with Crippen LogP contribution in [0.2, 0.25) is 0 Å². The molecule has 3 rings (SSSR count). The maximum absolute atomic E-state index is 12.5. The monoisotopic (exact) mass is 308 g/mol. The van der Waals surface area contributed by atoms with Gasteiger partial charge in [0.05, 0.1) is 6.42 Å². The van der Waals surface area contributed by atoms with E-state index in [2.05, 4.69) is 22.3 Å². The van der Waals surface area contributed by atoms with Crippen molar-refractivity contribution < 1.29 is 4.79 Å². The van der Waals surface area contributed by atoms with Gasteiger partial charge < -0.3 is 5.32 Å². The Labute approximate surface area is 138 Å². The summed E-state index contributed by atoms with van der Waals surface area (Å²) >= 11 is 0. The van der Waals surface area contributed by atoms with E-state index in [4.69, 9.17) is 0 Å². The van der Waals surface area contributed by atoms with Crippen molar-refractivity contribution in [3.63, 3.8) is 0 Å². The molecule has 0 radical (unpaired) electrons. The summed E-state index contributed by atoms with van der Waals surface area (Å²) in [4.78, 5) is 14.9. The summed E-state index contributed by atoms with van der Waals surface area (Å²) in [6, 6.07) is 20.2. The van der Waals surface area contributed by atoms with Crippen LogP contribution in [-0.2, 0) is 11.2 Å². The van der Waals surface area contributed by atoms with Gasteiger partial charge >= 0.3 is 0 Å². The van der Waals surface area contributed by atoms with Crippen molar-refractivity contribution in [3.05, 3.63) is 71.8 Å². The van der Waals surface area contributed by atoms with Gasteiger partial charge in [0.1, 0.15) is 6.17 Å². The molecule has 1 N–H and O–H groups in total. The Morgan fingerprint density at radius 2 is 1.52 bits per heavy atom. The van der Waals surface area contributed by atoms with E-state index in [-0.39, 0.29) is 12.1 Å². The van der Waals surface area contributed by atoms with E-state index in [0.29, 0.717) is 6.42 Å². The largest absolute Gasteiger partial charge is 0.336 e. The fourth-order valence-corrected chi connectivity index (χ4v) is 3.18. The van der Waals surface area contributed by atoms with Crippen LogP contribution in [0.5, 0.6) is 0 Å². The molecule has 0 saturated carbocycles. The summed E-state index contributed by atoms with van der Waals surface area (Å²) in [7, 11) is 0. The highest BCUT2D eigenvalue weighted by atomic mass is 16.1. The lowest BCUT2D eigenvalue weighted by Gasteiger charge is -2.35. The minimum atomic E-state index is -0.0206. The number of piperidine rings is 1. The van der Waals surface area contributed by atoms with E-state index in [1.54, 1.807) is 0 Å². The fourth-order valence-electron chi connectivity index (χ4n) is 3.18. The molecule has 1 aliphatic rings. The third-order valence-electron chi connectivity index (χ3n) is 4.38. The highest BCUT2D eigenvalue weighted by Crippen LogP contribution is 2.22. The van der Waals surface area contributed by atoms with Gasteiger partial charge in [0, 0.05) is 13.1 Å². The van der Waals surface area contributed by atoms with E-state index < -0.39 is 0 Å². The lowest BCUT2D eigenvalue weighted by molar-refractivity contribution is -0.122. The van der Waals surface area contributed by atoms with Crippen LogP contribution in [0.15, 0.2) is 60.7 Å². The molecular weight excluding hydrogens is 284 g/mol. The molecule has 3 heteroatoms. The van der Waals surface area contributed by atoms with Crippen LogP contribution in [0.3, 0.4) is 0 Å². The standard InChI is InChI=1S/C20H24N2O/c23-19(16-17-10-4-1-5-11-17)21-20(18-12-6-2-7-13-18)22-14-8-3-9-15-22/h1-2,4-7,10-13,20H,3,8-9,14-16H2,(H,21,23). The first-order valence-electron chi connectivity index (χ1n) is 8.45. The summed E-state index contributed by atoms with van der Waals surface area (Å²) in [5, 5.41) is 3.24. The minimum Gasteiger partial charge on any atom is -0.336 e. The third kappa shape index (κ3) is 4.42. The van der Waals surface area contributed by atoms with Gasteiger partial charge in [0.15, 0.2) is 0 Å². The predicted molar refractivity (Wildman–Crippen MR) is 92.9 cm³/mol. The molecule has 0 aromatic heterocycles. The highest BCUT2D eigenvalue weighted by molar-refractivity contribution is 5.79. The first-order chi connectivity index (χ1) is 11.3. The van der Waals surface area contributed by atoms with E-state index in [1.165, 1.54) is 19.3 Å². The molecule has 2 aromatic rings. The molecule has 3 nitrogen and oxygen atoms in total. The van der Waals surface area contributed by atoms with Crippen molar-refractivity contribution in [1.82, 2.24) is 10.2 Å². The van der Waals surface area contributed by atoms with Gasteiger partial charge in [-0.15, -0.1) is 0 Å². The van der Waals surface area contributed by atoms with Gasteiger partial charge in [0.25, 0.3) is 0 Å². The average molecular weight is 308 g/mol. The van der Waals surface area contributed by atoms with Crippen LogP contribution in [-0.4, -0.2) is 23.9 Å². The van der Waals surface area contributed by atoms with Gasteiger partial charge in [0.2, 0.25) is 5.91 Å². The third-order valence-corrected chi connectivity index (χ3v) is 4.38. The summed E-state index contributed by atoms with van der Waals surface area (Å²) in [5.41, 5.74) is 2.21. The molecule has 1 unspecified atom stereocenters. The van der Waals surface area contributed by atoms with Gasteiger partial charge in [-0.3, -0.25) is 9.69 Å². The summed E-state index contributed by atoms with van der Waals surface area (Å²) in [6.07, 6.45) is 4.11. The van der Waals surface area contributed by atoms with Crippen LogP contribution in [0.1, 0.15) is 36.6 Å². The van der Waals surface area contributed by atoms with Gasteiger partial charge in [-0.25, -0.2) is 0 Å². The molecule has 1 amide bonds. The van der Waals surface area contributed by atoms with Gasteiger partial charge in [-0.05, 0) is 24.0 Å². The smallest absolute Gasteiger partial charge is 0.225 e. The average Bonchev–Trinajstić information content (AvgIpc) is 2.62. The number of carbonyl (C=O) groups excluding carboxylic acids is 1. The van der Waals surface area contributed by atoms with Crippen LogP contribution >= 0.6 is 0 Å². The fraction of sp³-hybridized carbons (Fsp3) is 0.350. The quantitative estimate of drug-likeness (QED) is 0.916. The van der Waals surface area contributed by atoms with Crippen molar-refractivity contribution in [2.75, 3.05) is 13.1 Å². The molecule has 1 aliphatic heterocycles. The molecule has 1 atom stereocenters. The van der Waals surface area contributed by atoms with Crippen LogP contribution in [0.4, 0.5) is 0 Å². The minimum absolute atomic E-state index is 0.0206. The zero-order valence-corrected chi connectivity index (χ0v) is 13.4. The second-order valence-corrected chi connectivity index (χ2v) is 6.14. The lowest BCUT2D eigenvalue weighted by Crippen LogP contribution is -2.44. The summed E-state index contributed by atoms with van der Waals surface area (Å²) < 4.78 is 0. The van der Waals surface area contributed by atoms with Crippen molar-refractivity contribution >= 4 is 5.91 Å². The molecule has 2 aromatic carbocycles. The zero-order valence-electron chi connectivity index (χ0n) is 13.4. The second kappa shape index (κ2) is 7.93. The first kappa shape index (κ1) is 15.8. The Hall–Kier alpha value is -2.13. The molecule has 0 aliphatic carbocycles. The number of nitrogens with zero attached hydrogens (tertiary/aromatic N) is 1. The van der Waals surface area contributed by atoms with Crippen LogP contribution in [0.25, 0.3) is 0 Å². The Morgan fingerprint density at radius 3 is 2.17 bits per heavy atom. The first-order valence-corrected chi connectivity index (χ1v) is 8.45. The molecule has 0 spiro atoms. The number of carbonyl (C=O) groups is 1. The molecule has 1 saturated heterocycles. The van der Waals surface area contributed by atoms with Crippen LogP contribution in [0, 0.1) is 0 Å². The second-order valence-electron chi connectivity index (χ2n) is 6.14.